The Kier molecular flexibility index (Phi) is 7.37. The van der Waals surface area contributed by atoms with Crippen LogP contribution in [0.3, 0.4) is 0 Å². The fourth-order valence-electron chi connectivity index (χ4n) is 1.26. The van der Waals surface area contributed by atoms with Gasteiger partial charge < -0.3 is 20.8 Å². The maximum atomic E-state index is 10.7. The number of likely N-dealkylation sites (tertiary alicyclic amines) is 1. The first kappa shape index (κ1) is 16.1. The standard InChI is InChI=1S/C6H9NO.C5H9NO4/c1-2-7-5-3-4-6(7)8;6-3(5(9)10)1-2-4(7)8/h2H,1,3-5H2;3H,1-2,6H2,(H,7,8)(H,9,10)/t;3-/m.0/s1. The molecular weight excluding hydrogens is 240 g/mol. The van der Waals surface area contributed by atoms with Gasteiger partial charge in [-0.15, -0.1) is 0 Å². The number of hydrogen-bond acceptors (Lipinski definition) is 4. The largest absolute Gasteiger partial charge is 0.481 e. The third-order valence-electron chi connectivity index (χ3n) is 2.32. The summed E-state index contributed by atoms with van der Waals surface area (Å²) < 4.78 is 0. The average Bonchev–Trinajstić information content (AvgIpc) is 2.72. The van der Waals surface area contributed by atoms with Crippen LogP contribution in [0.1, 0.15) is 25.7 Å². The lowest BCUT2D eigenvalue weighted by molar-refractivity contribution is -0.140. The van der Waals surface area contributed by atoms with Crippen LogP contribution in [-0.4, -0.2) is 45.5 Å². The third-order valence-corrected chi connectivity index (χ3v) is 2.32. The molecule has 102 valence electrons. The fraction of sp³-hybridized carbons (Fsp3) is 0.545. The van der Waals surface area contributed by atoms with Crippen LogP contribution in [0.15, 0.2) is 12.8 Å². The molecule has 1 amide bonds. The van der Waals surface area contributed by atoms with Crippen molar-refractivity contribution in [1.82, 2.24) is 4.90 Å². The first-order valence-electron chi connectivity index (χ1n) is 5.50. The van der Waals surface area contributed by atoms with Gasteiger partial charge in [0, 0.05) is 19.4 Å². The summed E-state index contributed by atoms with van der Waals surface area (Å²) in [6, 6.07) is -1.06. The molecule has 1 atom stereocenters. The average molecular weight is 258 g/mol. The van der Waals surface area contributed by atoms with Gasteiger partial charge in [0.25, 0.3) is 0 Å². The van der Waals surface area contributed by atoms with Gasteiger partial charge in [0.15, 0.2) is 0 Å². The van der Waals surface area contributed by atoms with Gasteiger partial charge in [0.1, 0.15) is 6.04 Å². The Hall–Kier alpha value is -1.89. The van der Waals surface area contributed by atoms with Crippen molar-refractivity contribution in [2.45, 2.75) is 31.7 Å². The lowest BCUT2D eigenvalue weighted by Crippen LogP contribution is -2.30. The molecule has 7 heteroatoms. The molecule has 1 saturated heterocycles. The van der Waals surface area contributed by atoms with E-state index in [0.717, 1.165) is 13.0 Å². The summed E-state index contributed by atoms with van der Waals surface area (Å²) in [4.78, 5) is 32.2. The number of carboxylic acid groups (broad SMARTS) is 2. The second-order valence-electron chi connectivity index (χ2n) is 3.75. The molecule has 0 aliphatic carbocycles. The Labute approximate surface area is 105 Å². The summed E-state index contributed by atoms with van der Waals surface area (Å²) in [7, 11) is 0. The first-order valence-corrected chi connectivity index (χ1v) is 5.50. The highest BCUT2D eigenvalue weighted by atomic mass is 16.4. The van der Waals surface area contributed by atoms with Crippen LogP contribution >= 0.6 is 0 Å². The summed E-state index contributed by atoms with van der Waals surface area (Å²) in [6.07, 6.45) is 3.06. The smallest absolute Gasteiger partial charge is 0.320 e. The fourth-order valence-corrected chi connectivity index (χ4v) is 1.26. The van der Waals surface area contributed by atoms with Crippen molar-refractivity contribution in [1.29, 1.82) is 0 Å². The van der Waals surface area contributed by atoms with E-state index in [-0.39, 0.29) is 18.7 Å². The van der Waals surface area contributed by atoms with E-state index in [1.54, 1.807) is 11.1 Å². The van der Waals surface area contributed by atoms with Gasteiger partial charge in [-0.2, -0.15) is 0 Å². The molecule has 18 heavy (non-hydrogen) atoms. The Bertz CT molecular complexity index is 329. The minimum Gasteiger partial charge on any atom is -0.481 e. The molecule has 0 aromatic rings. The van der Waals surface area contributed by atoms with E-state index < -0.39 is 18.0 Å². The van der Waals surface area contributed by atoms with Crippen molar-refractivity contribution in [3.8, 4) is 0 Å². The van der Waals surface area contributed by atoms with Crippen LogP contribution in [0, 0.1) is 0 Å². The van der Waals surface area contributed by atoms with Gasteiger partial charge in [0.2, 0.25) is 5.91 Å². The zero-order valence-electron chi connectivity index (χ0n) is 10.0. The van der Waals surface area contributed by atoms with Gasteiger partial charge in [-0.05, 0) is 19.0 Å². The van der Waals surface area contributed by atoms with Gasteiger partial charge in [-0.3, -0.25) is 14.4 Å². The number of carboxylic acids is 2. The maximum absolute atomic E-state index is 10.7. The van der Waals surface area contributed by atoms with E-state index in [9.17, 15) is 14.4 Å². The molecule has 7 nitrogen and oxygen atoms in total. The van der Waals surface area contributed by atoms with E-state index in [4.69, 9.17) is 15.9 Å². The Morgan fingerprint density at radius 3 is 2.39 bits per heavy atom. The van der Waals surface area contributed by atoms with Crippen molar-refractivity contribution >= 4 is 17.8 Å². The van der Waals surface area contributed by atoms with E-state index in [1.165, 1.54) is 0 Å². The Balaban J connectivity index is 0.000000327. The molecule has 0 bridgehead atoms. The monoisotopic (exact) mass is 258 g/mol. The number of carbonyl (C=O) groups excluding carboxylic acids is 1. The van der Waals surface area contributed by atoms with Gasteiger partial charge in [-0.1, -0.05) is 6.58 Å². The van der Waals surface area contributed by atoms with Crippen molar-refractivity contribution < 1.29 is 24.6 Å². The minimum absolute atomic E-state index is 0.0231. The van der Waals surface area contributed by atoms with Gasteiger partial charge >= 0.3 is 11.9 Å². The Morgan fingerprint density at radius 1 is 1.50 bits per heavy atom. The molecule has 1 rings (SSSR count). The minimum atomic E-state index is -1.17. The summed E-state index contributed by atoms with van der Waals surface area (Å²) in [5, 5.41) is 16.3. The number of amides is 1. The molecule has 0 aromatic carbocycles. The molecule has 1 aliphatic heterocycles. The molecule has 0 aromatic heterocycles. The predicted molar refractivity (Wildman–Crippen MR) is 63.6 cm³/mol. The molecule has 1 aliphatic rings. The van der Waals surface area contributed by atoms with Crippen LogP contribution in [0.2, 0.25) is 0 Å². The highest BCUT2D eigenvalue weighted by Gasteiger charge is 2.16. The second-order valence-corrected chi connectivity index (χ2v) is 3.75. The van der Waals surface area contributed by atoms with E-state index >= 15 is 0 Å². The lowest BCUT2D eigenvalue weighted by Gasteiger charge is -2.05. The summed E-state index contributed by atoms with van der Waals surface area (Å²) >= 11 is 0. The number of rotatable bonds is 5. The number of carbonyl (C=O) groups is 3. The van der Waals surface area contributed by atoms with Crippen LogP contribution in [0.4, 0.5) is 0 Å². The SMILES string of the molecule is C=CN1CCCC1=O.N[C@@H](CCC(=O)O)C(=O)O. The van der Waals surface area contributed by atoms with Crippen LogP contribution < -0.4 is 5.73 Å². The maximum Gasteiger partial charge on any atom is 0.320 e. The Morgan fingerprint density at radius 2 is 2.11 bits per heavy atom. The molecule has 0 unspecified atom stereocenters. The zero-order valence-corrected chi connectivity index (χ0v) is 10.0. The normalized spacial score (nSPS) is 15.6. The summed E-state index contributed by atoms with van der Waals surface area (Å²) in [5.74, 6) is -1.99. The molecule has 1 heterocycles. The molecule has 0 radical (unpaired) electrons. The first-order chi connectivity index (χ1) is 8.38. The van der Waals surface area contributed by atoms with E-state index in [1.807, 2.05) is 0 Å². The molecular formula is C11H18N2O5. The van der Waals surface area contributed by atoms with E-state index in [0.29, 0.717) is 6.42 Å². The molecule has 4 N–H and O–H groups in total. The van der Waals surface area contributed by atoms with Crippen molar-refractivity contribution in [2.75, 3.05) is 6.54 Å². The summed E-state index contributed by atoms with van der Waals surface area (Å²) in [5.41, 5.74) is 5.00. The van der Waals surface area contributed by atoms with Crippen molar-refractivity contribution in [2.24, 2.45) is 5.73 Å². The highest BCUT2D eigenvalue weighted by molar-refractivity contribution is 5.78. The van der Waals surface area contributed by atoms with Crippen LogP contribution in [-0.2, 0) is 14.4 Å². The van der Waals surface area contributed by atoms with Crippen LogP contribution in [0.5, 0.6) is 0 Å². The molecule has 0 saturated carbocycles. The highest BCUT2D eigenvalue weighted by Crippen LogP contribution is 2.08. The quantitative estimate of drug-likeness (QED) is 0.639. The van der Waals surface area contributed by atoms with Crippen molar-refractivity contribution in [3.05, 3.63) is 12.8 Å². The second kappa shape index (κ2) is 8.24. The van der Waals surface area contributed by atoms with E-state index in [2.05, 4.69) is 6.58 Å². The van der Waals surface area contributed by atoms with Gasteiger partial charge in [0.05, 0.1) is 0 Å². The number of aliphatic carboxylic acids is 2. The number of hydrogen-bond donors (Lipinski definition) is 3. The third kappa shape index (κ3) is 6.64. The van der Waals surface area contributed by atoms with Crippen molar-refractivity contribution in [3.63, 3.8) is 0 Å². The number of nitrogens with zero attached hydrogens (tertiary/aromatic N) is 1. The summed E-state index contributed by atoms with van der Waals surface area (Å²) in [6.45, 7) is 4.36. The molecule has 0 spiro atoms. The molecule has 1 fully saturated rings. The lowest BCUT2D eigenvalue weighted by atomic mass is 10.2. The zero-order chi connectivity index (χ0) is 14.1. The number of nitrogens with two attached hydrogens (primary N) is 1. The van der Waals surface area contributed by atoms with Gasteiger partial charge in [-0.25, -0.2) is 0 Å². The predicted octanol–water partition coefficient (Wildman–Crippen LogP) is 0.0154. The van der Waals surface area contributed by atoms with Crippen LogP contribution in [0.25, 0.3) is 0 Å². The topological polar surface area (TPSA) is 121 Å².